The first-order valence-electron chi connectivity index (χ1n) is 7.69. The van der Waals surface area contributed by atoms with Gasteiger partial charge < -0.3 is 14.2 Å². The minimum Gasteiger partial charge on any atom is -0.498 e. The zero-order valence-electron chi connectivity index (χ0n) is 13.5. The van der Waals surface area contributed by atoms with Gasteiger partial charge in [0.15, 0.2) is 5.69 Å². The van der Waals surface area contributed by atoms with Crippen LogP contribution in [0.15, 0.2) is 30.5 Å². The average Bonchev–Trinajstić information content (AvgIpc) is 2.56. The Bertz CT molecular complexity index is 474. The number of benzene rings is 1. The van der Waals surface area contributed by atoms with Crippen molar-refractivity contribution < 1.29 is 14.2 Å². The minimum atomic E-state index is 0.520. The highest BCUT2D eigenvalue weighted by Crippen LogP contribution is 2.18. The van der Waals surface area contributed by atoms with Gasteiger partial charge in [-0.25, -0.2) is 4.85 Å². The van der Waals surface area contributed by atoms with Gasteiger partial charge in [-0.15, -0.1) is 0 Å². The maximum atomic E-state index is 6.92. The molecular weight excluding hydrogens is 278 g/mol. The summed E-state index contributed by atoms with van der Waals surface area (Å²) in [5, 5.41) is 0. The van der Waals surface area contributed by atoms with Crippen LogP contribution >= 0.6 is 0 Å². The van der Waals surface area contributed by atoms with Crippen LogP contribution in [0.3, 0.4) is 0 Å². The van der Waals surface area contributed by atoms with Crippen molar-refractivity contribution in [3.8, 4) is 0 Å². The summed E-state index contributed by atoms with van der Waals surface area (Å²) < 4.78 is 16.3. The lowest BCUT2D eigenvalue weighted by Gasteiger charge is -2.06. The average molecular weight is 303 g/mol. The van der Waals surface area contributed by atoms with Gasteiger partial charge in [0.1, 0.15) is 6.61 Å². The van der Waals surface area contributed by atoms with Gasteiger partial charge in [0, 0.05) is 6.61 Å². The number of unbranched alkanes of at least 4 members (excludes halogenated alkanes) is 1. The number of nitrogens with zero attached hydrogens (tertiary/aromatic N) is 1. The van der Waals surface area contributed by atoms with E-state index in [1.54, 1.807) is 18.4 Å². The second-order valence-corrected chi connectivity index (χ2v) is 4.91. The first kappa shape index (κ1) is 18.2. The lowest BCUT2D eigenvalue weighted by atomic mass is 10.1. The van der Waals surface area contributed by atoms with E-state index in [1.807, 2.05) is 19.1 Å². The predicted octanol–water partition coefficient (Wildman–Crippen LogP) is 4.45. The Morgan fingerprint density at radius 2 is 1.68 bits per heavy atom. The molecule has 0 unspecified atom stereocenters. The number of allylic oxidation sites excluding steroid dienone is 1. The molecule has 0 bridgehead atoms. The van der Waals surface area contributed by atoms with E-state index in [2.05, 4.69) is 11.8 Å². The van der Waals surface area contributed by atoms with E-state index in [0.717, 1.165) is 30.6 Å². The van der Waals surface area contributed by atoms with Gasteiger partial charge in [-0.1, -0.05) is 37.6 Å². The molecule has 0 N–H and O–H groups in total. The van der Waals surface area contributed by atoms with Gasteiger partial charge in [0.25, 0.3) is 0 Å². The van der Waals surface area contributed by atoms with Crippen molar-refractivity contribution in [1.82, 2.24) is 0 Å². The van der Waals surface area contributed by atoms with Crippen molar-refractivity contribution in [2.24, 2.45) is 0 Å². The van der Waals surface area contributed by atoms with Gasteiger partial charge in [-0.05, 0) is 24.5 Å². The normalized spacial score (nSPS) is 11.2. The first-order chi connectivity index (χ1) is 10.8. The molecule has 0 aliphatic heterocycles. The van der Waals surface area contributed by atoms with Crippen LogP contribution in [-0.2, 0) is 14.2 Å². The Balaban J connectivity index is 2.10. The Morgan fingerprint density at radius 1 is 1.05 bits per heavy atom. The second kappa shape index (κ2) is 11.8. The topological polar surface area (TPSA) is 32.0 Å². The number of hydrogen-bond donors (Lipinski definition) is 0. The molecule has 4 nitrogen and oxygen atoms in total. The Hall–Kier alpha value is -1.83. The van der Waals surface area contributed by atoms with E-state index in [4.69, 9.17) is 20.8 Å². The highest BCUT2D eigenvalue weighted by molar-refractivity contribution is 5.64. The standard InChI is InChI=1S/C18H25NO3/c1-4-5-10-20-11-12-21-13-14-22-15-16(2)17-6-8-18(19-3)9-7-17/h6-9,15H,4-5,10-14H2,1-2H3. The van der Waals surface area contributed by atoms with Crippen LogP contribution in [0.2, 0.25) is 0 Å². The molecule has 0 radical (unpaired) electrons. The Kier molecular flexibility index (Phi) is 9.76. The summed E-state index contributed by atoms with van der Waals surface area (Å²) in [6, 6.07) is 7.46. The summed E-state index contributed by atoms with van der Waals surface area (Å²) in [6.45, 7) is 14.2. The zero-order valence-corrected chi connectivity index (χ0v) is 13.5. The van der Waals surface area contributed by atoms with Crippen LogP contribution in [0.5, 0.6) is 0 Å². The lowest BCUT2D eigenvalue weighted by molar-refractivity contribution is 0.0300. The van der Waals surface area contributed by atoms with Gasteiger partial charge in [0.05, 0.1) is 32.7 Å². The molecule has 1 rings (SSSR count). The molecule has 0 spiro atoms. The third-order valence-corrected chi connectivity index (χ3v) is 3.07. The molecule has 0 aliphatic carbocycles. The molecule has 0 heterocycles. The van der Waals surface area contributed by atoms with Crippen LogP contribution in [0, 0.1) is 6.57 Å². The fraction of sp³-hybridized carbons (Fsp3) is 0.500. The van der Waals surface area contributed by atoms with Gasteiger partial charge in [-0.3, -0.25) is 0 Å². The van der Waals surface area contributed by atoms with E-state index in [-0.39, 0.29) is 0 Å². The number of ether oxygens (including phenoxy) is 3. The summed E-state index contributed by atoms with van der Waals surface area (Å²) >= 11 is 0. The fourth-order valence-corrected chi connectivity index (χ4v) is 1.73. The molecule has 0 saturated heterocycles. The maximum Gasteiger partial charge on any atom is 0.187 e. The molecule has 1 aromatic rings. The summed E-state index contributed by atoms with van der Waals surface area (Å²) in [6.07, 6.45) is 3.99. The summed E-state index contributed by atoms with van der Waals surface area (Å²) in [4.78, 5) is 3.37. The molecule has 1 aromatic carbocycles. The quantitative estimate of drug-likeness (QED) is 0.344. The monoisotopic (exact) mass is 303 g/mol. The molecule has 0 atom stereocenters. The summed E-state index contributed by atoms with van der Waals surface area (Å²) in [5.41, 5.74) is 2.73. The van der Waals surface area contributed by atoms with Crippen molar-refractivity contribution in [3.05, 3.63) is 47.5 Å². The van der Waals surface area contributed by atoms with Crippen LogP contribution in [-0.4, -0.2) is 33.0 Å². The number of rotatable bonds is 11. The highest BCUT2D eigenvalue weighted by atomic mass is 16.5. The second-order valence-electron chi connectivity index (χ2n) is 4.91. The van der Waals surface area contributed by atoms with E-state index in [1.165, 1.54) is 0 Å². The molecule has 0 aromatic heterocycles. The van der Waals surface area contributed by atoms with E-state index in [9.17, 15) is 0 Å². The van der Waals surface area contributed by atoms with Crippen LogP contribution in [0.4, 0.5) is 5.69 Å². The van der Waals surface area contributed by atoms with Gasteiger partial charge in [-0.2, -0.15) is 0 Å². The Morgan fingerprint density at radius 3 is 2.32 bits per heavy atom. The predicted molar refractivity (Wildman–Crippen MR) is 88.9 cm³/mol. The van der Waals surface area contributed by atoms with E-state index >= 15 is 0 Å². The number of hydrogen-bond acceptors (Lipinski definition) is 3. The largest absolute Gasteiger partial charge is 0.498 e. The van der Waals surface area contributed by atoms with Crippen molar-refractivity contribution in [2.75, 3.05) is 33.0 Å². The zero-order chi connectivity index (χ0) is 16.0. The maximum absolute atomic E-state index is 6.92. The van der Waals surface area contributed by atoms with Gasteiger partial charge in [0.2, 0.25) is 0 Å². The summed E-state index contributed by atoms with van der Waals surface area (Å²) in [7, 11) is 0. The molecule has 22 heavy (non-hydrogen) atoms. The van der Waals surface area contributed by atoms with Crippen LogP contribution < -0.4 is 0 Å². The fourth-order valence-electron chi connectivity index (χ4n) is 1.73. The van der Waals surface area contributed by atoms with Crippen molar-refractivity contribution >= 4 is 11.3 Å². The lowest BCUT2D eigenvalue weighted by Crippen LogP contribution is -2.08. The van der Waals surface area contributed by atoms with E-state index in [0.29, 0.717) is 32.1 Å². The van der Waals surface area contributed by atoms with Crippen molar-refractivity contribution in [1.29, 1.82) is 0 Å². The molecule has 0 fully saturated rings. The molecule has 4 heteroatoms. The molecule has 0 aliphatic rings. The molecule has 0 amide bonds. The SMILES string of the molecule is [C-]#[N+]c1ccc(C(C)=COCCOCCOCCCC)cc1. The Labute approximate surface area is 133 Å². The van der Waals surface area contributed by atoms with Gasteiger partial charge >= 0.3 is 0 Å². The highest BCUT2D eigenvalue weighted by Gasteiger charge is 1.97. The van der Waals surface area contributed by atoms with Crippen LogP contribution in [0.1, 0.15) is 32.3 Å². The molecule has 0 saturated carbocycles. The van der Waals surface area contributed by atoms with Crippen LogP contribution in [0.25, 0.3) is 10.4 Å². The summed E-state index contributed by atoms with van der Waals surface area (Å²) in [5.74, 6) is 0. The van der Waals surface area contributed by atoms with E-state index < -0.39 is 0 Å². The molecule has 120 valence electrons. The van der Waals surface area contributed by atoms with Crippen molar-refractivity contribution in [3.63, 3.8) is 0 Å². The first-order valence-corrected chi connectivity index (χ1v) is 7.69. The smallest absolute Gasteiger partial charge is 0.187 e. The van der Waals surface area contributed by atoms with Crippen molar-refractivity contribution in [2.45, 2.75) is 26.7 Å². The molecular formula is C18H25NO3. The third kappa shape index (κ3) is 7.82. The third-order valence-electron chi connectivity index (χ3n) is 3.07. The minimum absolute atomic E-state index is 0.520.